The van der Waals surface area contributed by atoms with Crippen molar-refractivity contribution in [2.75, 3.05) is 31.8 Å². The van der Waals surface area contributed by atoms with Crippen LogP contribution in [0.4, 0.5) is 0 Å². The van der Waals surface area contributed by atoms with Crippen LogP contribution in [-0.4, -0.2) is 41.9 Å². The number of nitriles is 1. The SMILES string of the molecule is CS(=O)CCNC(=O)C1(C#N)CCOCC1. The Hall–Kier alpha value is -0.930. The summed E-state index contributed by atoms with van der Waals surface area (Å²) >= 11 is 0. The zero-order chi connectivity index (χ0) is 12.0. The first-order valence-corrected chi connectivity index (χ1v) is 6.91. The number of rotatable bonds is 4. The average molecular weight is 244 g/mol. The summed E-state index contributed by atoms with van der Waals surface area (Å²) in [6, 6.07) is 2.09. The van der Waals surface area contributed by atoms with Gasteiger partial charge in [0.2, 0.25) is 5.91 Å². The molecular weight excluding hydrogens is 228 g/mol. The molecule has 6 heteroatoms. The topological polar surface area (TPSA) is 79.2 Å². The molecule has 0 aliphatic carbocycles. The van der Waals surface area contributed by atoms with Crippen LogP contribution in [0.3, 0.4) is 0 Å². The second-order valence-corrected chi connectivity index (χ2v) is 5.39. The van der Waals surface area contributed by atoms with E-state index in [1.807, 2.05) is 0 Å². The highest BCUT2D eigenvalue weighted by Gasteiger charge is 2.40. The van der Waals surface area contributed by atoms with Gasteiger partial charge >= 0.3 is 0 Å². The van der Waals surface area contributed by atoms with Gasteiger partial charge in [-0.1, -0.05) is 0 Å². The Bertz CT molecular complexity index is 319. The van der Waals surface area contributed by atoms with Crippen LogP contribution in [0.5, 0.6) is 0 Å². The lowest BCUT2D eigenvalue weighted by atomic mass is 9.81. The quantitative estimate of drug-likeness (QED) is 0.743. The number of nitrogens with one attached hydrogen (secondary N) is 1. The van der Waals surface area contributed by atoms with E-state index in [-0.39, 0.29) is 5.91 Å². The van der Waals surface area contributed by atoms with E-state index in [9.17, 15) is 9.00 Å². The molecule has 1 unspecified atom stereocenters. The van der Waals surface area contributed by atoms with Crippen LogP contribution in [0.1, 0.15) is 12.8 Å². The molecular formula is C10H16N2O3S. The molecule has 0 radical (unpaired) electrons. The fourth-order valence-corrected chi connectivity index (χ4v) is 1.98. The summed E-state index contributed by atoms with van der Waals surface area (Å²) in [4.78, 5) is 11.8. The lowest BCUT2D eigenvalue weighted by Gasteiger charge is -2.29. The number of carbonyl (C=O) groups excluding carboxylic acids is 1. The van der Waals surface area contributed by atoms with Gasteiger partial charge in [0.1, 0.15) is 5.41 Å². The van der Waals surface area contributed by atoms with Crippen molar-refractivity contribution in [1.29, 1.82) is 5.26 Å². The van der Waals surface area contributed by atoms with Gasteiger partial charge in [0.05, 0.1) is 6.07 Å². The van der Waals surface area contributed by atoms with Crippen molar-refractivity contribution in [3.8, 4) is 6.07 Å². The third-order valence-electron chi connectivity index (χ3n) is 2.67. The standard InChI is InChI=1S/C10H16N2O3S/c1-16(14)7-4-12-9(13)10(8-11)2-5-15-6-3-10/h2-7H2,1H3,(H,12,13). The summed E-state index contributed by atoms with van der Waals surface area (Å²) in [5.74, 6) is 0.160. The van der Waals surface area contributed by atoms with Gasteiger partial charge in [-0.05, 0) is 12.8 Å². The van der Waals surface area contributed by atoms with Crippen molar-refractivity contribution in [3.63, 3.8) is 0 Å². The summed E-state index contributed by atoms with van der Waals surface area (Å²) in [6.45, 7) is 1.24. The number of nitrogens with zero attached hydrogens (tertiary/aromatic N) is 1. The predicted molar refractivity (Wildman–Crippen MR) is 60.0 cm³/mol. The minimum absolute atomic E-state index is 0.260. The summed E-state index contributed by atoms with van der Waals surface area (Å²) < 4.78 is 16.0. The largest absolute Gasteiger partial charge is 0.381 e. The van der Waals surface area contributed by atoms with E-state index in [4.69, 9.17) is 10.00 Å². The van der Waals surface area contributed by atoms with Crippen LogP contribution in [0.2, 0.25) is 0 Å². The van der Waals surface area contributed by atoms with Crippen LogP contribution >= 0.6 is 0 Å². The highest BCUT2D eigenvalue weighted by molar-refractivity contribution is 7.84. The van der Waals surface area contributed by atoms with E-state index in [1.165, 1.54) is 0 Å². The molecule has 1 rings (SSSR count). The third-order valence-corrected chi connectivity index (χ3v) is 3.45. The summed E-state index contributed by atoms with van der Waals surface area (Å²) in [6.07, 6.45) is 2.45. The number of ether oxygens (including phenoxy) is 1. The van der Waals surface area contributed by atoms with E-state index >= 15 is 0 Å². The molecule has 0 aromatic rings. The number of carbonyl (C=O) groups is 1. The molecule has 1 atom stereocenters. The molecule has 1 aliphatic rings. The normalized spacial score (nSPS) is 20.8. The molecule has 16 heavy (non-hydrogen) atoms. The number of hydrogen-bond donors (Lipinski definition) is 1. The monoisotopic (exact) mass is 244 g/mol. The lowest BCUT2D eigenvalue weighted by Crippen LogP contribution is -2.44. The number of amides is 1. The first-order chi connectivity index (χ1) is 7.60. The van der Waals surface area contributed by atoms with Crippen LogP contribution in [0.15, 0.2) is 0 Å². The Labute approximate surface area is 97.6 Å². The van der Waals surface area contributed by atoms with Gasteiger partial charge in [0, 0.05) is 42.6 Å². The van der Waals surface area contributed by atoms with E-state index in [1.54, 1.807) is 6.26 Å². The third kappa shape index (κ3) is 3.29. The molecule has 0 spiro atoms. The second-order valence-electron chi connectivity index (χ2n) is 3.84. The van der Waals surface area contributed by atoms with Crippen LogP contribution in [0.25, 0.3) is 0 Å². The molecule has 1 fully saturated rings. The Balaban J connectivity index is 2.49. The second kappa shape index (κ2) is 5.97. The molecule has 1 amide bonds. The summed E-state index contributed by atoms with van der Waals surface area (Å²) in [7, 11) is -0.925. The van der Waals surface area contributed by atoms with Gasteiger partial charge in [0.15, 0.2) is 0 Å². The molecule has 1 saturated heterocycles. The molecule has 0 bridgehead atoms. The molecule has 0 aromatic heterocycles. The summed E-state index contributed by atoms with van der Waals surface area (Å²) in [5, 5.41) is 11.8. The molecule has 1 N–H and O–H groups in total. The first-order valence-electron chi connectivity index (χ1n) is 5.18. The van der Waals surface area contributed by atoms with Gasteiger partial charge < -0.3 is 10.1 Å². The van der Waals surface area contributed by atoms with Crippen molar-refractivity contribution in [2.45, 2.75) is 12.8 Å². The lowest BCUT2D eigenvalue weighted by molar-refractivity contribution is -0.132. The van der Waals surface area contributed by atoms with E-state index in [0.717, 1.165) is 0 Å². The fraction of sp³-hybridized carbons (Fsp3) is 0.800. The van der Waals surface area contributed by atoms with Gasteiger partial charge in [0.25, 0.3) is 0 Å². The maximum Gasteiger partial charge on any atom is 0.240 e. The summed E-state index contributed by atoms with van der Waals surface area (Å²) in [5.41, 5.74) is -0.951. The molecule has 1 aliphatic heterocycles. The predicted octanol–water partition coefficient (Wildman–Crippen LogP) is -0.199. The Morgan fingerprint density at radius 1 is 1.56 bits per heavy atom. The molecule has 1 heterocycles. The van der Waals surface area contributed by atoms with Crippen LogP contribution < -0.4 is 5.32 Å². The van der Waals surface area contributed by atoms with E-state index in [0.29, 0.717) is 38.4 Å². The molecule has 90 valence electrons. The van der Waals surface area contributed by atoms with Gasteiger partial charge in [-0.15, -0.1) is 0 Å². The maximum absolute atomic E-state index is 11.8. The Morgan fingerprint density at radius 3 is 2.69 bits per heavy atom. The van der Waals surface area contributed by atoms with Crippen molar-refractivity contribution < 1.29 is 13.7 Å². The van der Waals surface area contributed by atoms with Gasteiger partial charge in [-0.25, -0.2) is 0 Å². The maximum atomic E-state index is 11.8. The number of hydrogen-bond acceptors (Lipinski definition) is 4. The highest BCUT2D eigenvalue weighted by atomic mass is 32.2. The molecule has 5 nitrogen and oxygen atoms in total. The zero-order valence-corrected chi connectivity index (χ0v) is 10.1. The van der Waals surface area contributed by atoms with E-state index < -0.39 is 16.2 Å². The van der Waals surface area contributed by atoms with Crippen LogP contribution in [0, 0.1) is 16.7 Å². The van der Waals surface area contributed by atoms with Crippen molar-refractivity contribution in [2.24, 2.45) is 5.41 Å². The fourth-order valence-electron chi connectivity index (χ4n) is 1.59. The zero-order valence-electron chi connectivity index (χ0n) is 9.32. The van der Waals surface area contributed by atoms with Crippen molar-refractivity contribution in [3.05, 3.63) is 0 Å². The molecule has 0 saturated carbocycles. The van der Waals surface area contributed by atoms with Crippen LogP contribution in [-0.2, 0) is 20.3 Å². The smallest absolute Gasteiger partial charge is 0.240 e. The average Bonchev–Trinajstić information content (AvgIpc) is 2.29. The highest BCUT2D eigenvalue weighted by Crippen LogP contribution is 2.29. The minimum atomic E-state index is -0.951. The molecule has 0 aromatic carbocycles. The first kappa shape index (κ1) is 13.1. The van der Waals surface area contributed by atoms with Crippen molar-refractivity contribution >= 4 is 16.7 Å². The van der Waals surface area contributed by atoms with Crippen molar-refractivity contribution in [1.82, 2.24) is 5.32 Å². The van der Waals surface area contributed by atoms with Gasteiger partial charge in [-0.3, -0.25) is 9.00 Å². The minimum Gasteiger partial charge on any atom is -0.381 e. The van der Waals surface area contributed by atoms with Gasteiger partial charge in [-0.2, -0.15) is 5.26 Å². The Kier molecular flexibility index (Phi) is 4.90. The van der Waals surface area contributed by atoms with E-state index in [2.05, 4.69) is 11.4 Å². The Morgan fingerprint density at radius 2 is 2.19 bits per heavy atom.